The summed E-state index contributed by atoms with van der Waals surface area (Å²) in [4.78, 5) is 12.2. The zero-order valence-electron chi connectivity index (χ0n) is 11.0. The van der Waals surface area contributed by atoms with Crippen LogP contribution in [0.3, 0.4) is 0 Å². The van der Waals surface area contributed by atoms with Crippen molar-refractivity contribution in [1.82, 2.24) is 15.0 Å². The highest BCUT2D eigenvalue weighted by atomic mass is 35.5. The number of halogens is 2. The lowest BCUT2D eigenvalue weighted by Gasteiger charge is -2.08. The second kappa shape index (κ2) is 7.11. The smallest absolute Gasteiger partial charge is 0.321 e. The Labute approximate surface area is 131 Å². The van der Waals surface area contributed by atoms with Crippen molar-refractivity contribution in [2.75, 3.05) is 0 Å². The van der Waals surface area contributed by atoms with Gasteiger partial charge in [-0.15, -0.1) is 0 Å². The van der Waals surface area contributed by atoms with Crippen molar-refractivity contribution in [3.8, 4) is 6.01 Å². The van der Waals surface area contributed by atoms with E-state index in [1.165, 1.54) is 11.8 Å². The summed E-state index contributed by atoms with van der Waals surface area (Å²) in [7, 11) is 0. The summed E-state index contributed by atoms with van der Waals surface area (Å²) in [5, 5.41) is 1.36. The van der Waals surface area contributed by atoms with E-state index >= 15 is 0 Å². The van der Waals surface area contributed by atoms with Crippen LogP contribution in [-0.2, 0) is 5.75 Å². The van der Waals surface area contributed by atoms with Crippen LogP contribution < -0.4 is 4.74 Å². The summed E-state index contributed by atoms with van der Waals surface area (Å²) in [5.41, 5.74) is 1.02. The summed E-state index contributed by atoms with van der Waals surface area (Å²) < 4.78 is 5.43. The molecule has 4 nitrogen and oxygen atoms in total. The van der Waals surface area contributed by atoms with E-state index in [0.29, 0.717) is 10.9 Å². The number of ether oxygens (including phenoxy) is 1. The Bertz CT molecular complexity index is 596. The minimum absolute atomic E-state index is 0.0186. The molecule has 106 valence electrons. The van der Waals surface area contributed by atoms with Gasteiger partial charge in [0.15, 0.2) is 5.16 Å². The molecule has 2 aromatic rings. The van der Waals surface area contributed by atoms with Crippen molar-refractivity contribution in [2.45, 2.75) is 30.9 Å². The fourth-order valence-corrected chi connectivity index (χ4v) is 2.71. The summed E-state index contributed by atoms with van der Waals surface area (Å²) in [6.07, 6.45) is -0.0186. The van der Waals surface area contributed by atoms with Crippen molar-refractivity contribution in [3.05, 3.63) is 40.1 Å². The molecule has 1 aromatic heterocycles. The summed E-state index contributed by atoms with van der Waals surface area (Å²) >= 11 is 13.4. The third kappa shape index (κ3) is 4.51. The Morgan fingerprint density at radius 3 is 2.60 bits per heavy atom. The van der Waals surface area contributed by atoms with E-state index in [1.54, 1.807) is 0 Å². The number of hydrogen-bond donors (Lipinski definition) is 0. The highest BCUT2D eigenvalue weighted by Gasteiger charge is 2.09. The fourth-order valence-electron chi connectivity index (χ4n) is 1.40. The van der Waals surface area contributed by atoms with Gasteiger partial charge in [0.05, 0.1) is 6.10 Å². The molecule has 0 spiro atoms. The van der Waals surface area contributed by atoms with E-state index in [4.69, 9.17) is 27.9 Å². The van der Waals surface area contributed by atoms with Crippen molar-refractivity contribution in [2.24, 2.45) is 0 Å². The van der Waals surface area contributed by atoms with Crippen LogP contribution in [0.5, 0.6) is 6.01 Å². The number of hydrogen-bond acceptors (Lipinski definition) is 5. The van der Waals surface area contributed by atoms with Gasteiger partial charge >= 0.3 is 6.01 Å². The molecule has 0 aliphatic carbocycles. The second-order valence-corrected chi connectivity index (χ2v) is 5.90. The molecular formula is C13H13Cl2N3OS. The molecule has 0 aliphatic heterocycles. The molecule has 0 amide bonds. The van der Waals surface area contributed by atoms with E-state index in [9.17, 15) is 0 Å². The molecule has 0 N–H and O–H groups in total. The molecule has 0 saturated heterocycles. The van der Waals surface area contributed by atoms with Gasteiger partial charge in [0, 0.05) is 10.8 Å². The third-order valence-electron chi connectivity index (χ3n) is 2.22. The maximum absolute atomic E-state index is 6.10. The van der Waals surface area contributed by atoms with Crippen LogP contribution >= 0.6 is 35.0 Å². The Hall–Kier alpha value is -1.04. The number of rotatable bonds is 5. The van der Waals surface area contributed by atoms with Gasteiger partial charge in [0.25, 0.3) is 0 Å². The Balaban J connectivity index is 2.09. The predicted octanol–water partition coefficient (Wildman–Crippen LogP) is 4.26. The molecule has 0 bridgehead atoms. The fraction of sp³-hybridized carbons (Fsp3) is 0.308. The number of aromatic nitrogens is 3. The monoisotopic (exact) mass is 329 g/mol. The van der Waals surface area contributed by atoms with Gasteiger partial charge in [-0.3, -0.25) is 0 Å². The minimum Gasteiger partial charge on any atom is -0.461 e. The van der Waals surface area contributed by atoms with Crippen molar-refractivity contribution in [3.63, 3.8) is 0 Å². The van der Waals surface area contributed by atoms with E-state index in [1.807, 2.05) is 38.1 Å². The van der Waals surface area contributed by atoms with Crippen LogP contribution in [0.4, 0.5) is 0 Å². The third-order valence-corrected chi connectivity index (χ3v) is 3.66. The highest BCUT2D eigenvalue weighted by molar-refractivity contribution is 7.98. The van der Waals surface area contributed by atoms with E-state index < -0.39 is 0 Å². The quantitative estimate of drug-likeness (QED) is 0.767. The van der Waals surface area contributed by atoms with Crippen LogP contribution in [0.25, 0.3) is 0 Å². The largest absolute Gasteiger partial charge is 0.461 e. The number of benzene rings is 1. The van der Waals surface area contributed by atoms with Gasteiger partial charge in [-0.05, 0) is 37.1 Å². The molecule has 0 saturated carbocycles. The molecule has 0 unspecified atom stereocenters. The SMILES string of the molecule is CC(C)Oc1nc(Cl)nc(SCc2ccccc2Cl)n1. The van der Waals surface area contributed by atoms with Crippen LogP contribution in [0.1, 0.15) is 19.4 Å². The standard InChI is InChI=1S/C13H13Cl2N3OS/c1-8(2)19-12-16-11(15)17-13(18-12)20-7-9-5-3-4-6-10(9)14/h3-6,8H,7H2,1-2H3. The molecule has 0 aliphatic rings. The second-order valence-electron chi connectivity index (χ2n) is 4.22. The number of thioether (sulfide) groups is 1. The lowest BCUT2D eigenvalue weighted by atomic mass is 10.2. The first-order valence-electron chi connectivity index (χ1n) is 5.99. The van der Waals surface area contributed by atoms with Crippen molar-refractivity contribution < 1.29 is 4.74 Å². The van der Waals surface area contributed by atoms with Gasteiger partial charge in [0.1, 0.15) is 0 Å². The molecule has 0 atom stereocenters. The van der Waals surface area contributed by atoms with Gasteiger partial charge in [-0.2, -0.15) is 15.0 Å². The zero-order chi connectivity index (χ0) is 14.5. The topological polar surface area (TPSA) is 47.9 Å². The van der Waals surface area contributed by atoms with E-state index in [0.717, 1.165) is 10.6 Å². The van der Waals surface area contributed by atoms with Gasteiger partial charge in [-0.1, -0.05) is 41.6 Å². The molecule has 2 rings (SSSR count). The predicted molar refractivity (Wildman–Crippen MR) is 81.6 cm³/mol. The van der Waals surface area contributed by atoms with Gasteiger partial charge < -0.3 is 4.74 Å². The van der Waals surface area contributed by atoms with E-state index in [-0.39, 0.29) is 17.4 Å². The molecule has 1 aromatic carbocycles. The van der Waals surface area contributed by atoms with Crippen LogP contribution in [0, 0.1) is 0 Å². The van der Waals surface area contributed by atoms with Gasteiger partial charge in [0.2, 0.25) is 5.28 Å². The molecular weight excluding hydrogens is 317 g/mol. The molecule has 1 heterocycles. The first-order valence-corrected chi connectivity index (χ1v) is 7.73. The number of nitrogens with zero attached hydrogens (tertiary/aromatic N) is 3. The first kappa shape index (κ1) is 15.4. The van der Waals surface area contributed by atoms with E-state index in [2.05, 4.69) is 15.0 Å². The molecule has 0 radical (unpaired) electrons. The molecule has 0 fully saturated rings. The Morgan fingerprint density at radius 2 is 1.90 bits per heavy atom. The Kier molecular flexibility index (Phi) is 5.46. The summed E-state index contributed by atoms with van der Waals surface area (Å²) in [6, 6.07) is 7.89. The molecule has 20 heavy (non-hydrogen) atoms. The maximum Gasteiger partial charge on any atom is 0.321 e. The molecule has 7 heteroatoms. The average Bonchev–Trinajstić information content (AvgIpc) is 2.36. The minimum atomic E-state index is -0.0186. The Morgan fingerprint density at radius 1 is 1.15 bits per heavy atom. The lowest BCUT2D eigenvalue weighted by Crippen LogP contribution is -2.09. The van der Waals surface area contributed by atoms with Crippen LogP contribution in [0.15, 0.2) is 29.4 Å². The summed E-state index contributed by atoms with van der Waals surface area (Å²) in [5.74, 6) is 0.654. The van der Waals surface area contributed by atoms with Crippen LogP contribution in [0.2, 0.25) is 10.3 Å². The summed E-state index contributed by atoms with van der Waals surface area (Å²) in [6.45, 7) is 3.79. The van der Waals surface area contributed by atoms with Crippen molar-refractivity contribution >= 4 is 35.0 Å². The van der Waals surface area contributed by atoms with Gasteiger partial charge in [-0.25, -0.2) is 0 Å². The highest BCUT2D eigenvalue weighted by Crippen LogP contribution is 2.25. The average molecular weight is 330 g/mol. The maximum atomic E-state index is 6.10. The van der Waals surface area contributed by atoms with Crippen molar-refractivity contribution in [1.29, 1.82) is 0 Å². The zero-order valence-corrected chi connectivity index (χ0v) is 13.3. The van der Waals surface area contributed by atoms with Crippen LogP contribution in [-0.4, -0.2) is 21.1 Å². The normalized spacial score (nSPS) is 10.8. The lowest BCUT2D eigenvalue weighted by molar-refractivity contribution is 0.219. The first-order chi connectivity index (χ1) is 9.54.